The molecule has 3 rings (SSSR count). The van der Waals surface area contributed by atoms with Crippen molar-refractivity contribution in [2.45, 2.75) is 24.9 Å². The van der Waals surface area contributed by atoms with E-state index >= 15 is 0 Å². The quantitative estimate of drug-likeness (QED) is 0.886. The first-order valence-corrected chi connectivity index (χ1v) is 7.85. The molecular formula is C13H17ClF3N3OS. The number of carbonyl (C=O) groups excluding carboxylic acids is 1. The minimum atomic E-state index is -4.39. The van der Waals surface area contributed by atoms with Crippen LogP contribution in [0.5, 0.6) is 0 Å². The zero-order valence-corrected chi connectivity index (χ0v) is 13.4. The number of nitrogens with zero attached hydrogens (tertiary/aromatic N) is 2. The fourth-order valence-corrected chi connectivity index (χ4v) is 3.66. The molecule has 2 aliphatic heterocycles. The maximum Gasteiger partial charge on any atom is 0.434 e. The maximum atomic E-state index is 12.6. The van der Waals surface area contributed by atoms with E-state index in [2.05, 4.69) is 10.3 Å². The van der Waals surface area contributed by atoms with Gasteiger partial charge in [-0.3, -0.25) is 4.79 Å². The summed E-state index contributed by atoms with van der Waals surface area (Å²) in [6, 6.07) is 0. The molecule has 2 fully saturated rings. The number of piperidine rings is 1. The first kappa shape index (κ1) is 17.5. The van der Waals surface area contributed by atoms with E-state index < -0.39 is 11.9 Å². The van der Waals surface area contributed by atoms with Gasteiger partial charge in [-0.2, -0.15) is 13.2 Å². The first-order chi connectivity index (χ1) is 9.95. The van der Waals surface area contributed by atoms with Crippen LogP contribution in [-0.4, -0.2) is 42.0 Å². The van der Waals surface area contributed by atoms with Gasteiger partial charge in [-0.1, -0.05) is 0 Å². The zero-order valence-electron chi connectivity index (χ0n) is 11.7. The highest BCUT2D eigenvalue weighted by Gasteiger charge is 2.36. The van der Waals surface area contributed by atoms with Crippen molar-refractivity contribution >= 4 is 29.7 Å². The third-order valence-corrected chi connectivity index (χ3v) is 5.03. The van der Waals surface area contributed by atoms with Crippen LogP contribution in [0.2, 0.25) is 0 Å². The van der Waals surface area contributed by atoms with Gasteiger partial charge in [0.05, 0.1) is 10.9 Å². The molecule has 1 aromatic heterocycles. The second-order valence-electron chi connectivity index (χ2n) is 5.55. The van der Waals surface area contributed by atoms with Crippen molar-refractivity contribution in [3.8, 4) is 0 Å². The third kappa shape index (κ3) is 3.55. The topological polar surface area (TPSA) is 45.2 Å². The second-order valence-corrected chi connectivity index (χ2v) is 6.44. The molecule has 1 unspecified atom stereocenters. The summed E-state index contributed by atoms with van der Waals surface area (Å²) in [5.74, 6) is 0.0775. The van der Waals surface area contributed by atoms with E-state index in [4.69, 9.17) is 0 Å². The van der Waals surface area contributed by atoms with E-state index in [1.807, 2.05) is 0 Å². The zero-order chi connectivity index (χ0) is 15.0. The number of carbonyl (C=O) groups is 1. The fraction of sp³-hybridized carbons (Fsp3) is 0.692. The van der Waals surface area contributed by atoms with Crippen LogP contribution in [0.3, 0.4) is 0 Å². The molecule has 0 saturated carbocycles. The van der Waals surface area contributed by atoms with E-state index in [0.717, 1.165) is 29.6 Å². The number of amides is 1. The van der Waals surface area contributed by atoms with Gasteiger partial charge in [-0.15, -0.1) is 23.7 Å². The number of hydrogen-bond acceptors (Lipinski definition) is 4. The Morgan fingerprint density at radius 3 is 2.68 bits per heavy atom. The highest BCUT2D eigenvalue weighted by Crippen LogP contribution is 2.35. The summed E-state index contributed by atoms with van der Waals surface area (Å²) in [5, 5.41) is 4.61. The average Bonchev–Trinajstić information content (AvgIpc) is 2.86. The molecule has 2 aliphatic rings. The van der Waals surface area contributed by atoms with Gasteiger partial charge >= 0.3 is 6.18 Å². The first-order valence-electron chi connectivity index (χ1n) is 6.97. The summed E-state index contributed by atoms with van der Waals surface area (Å²) in [5.41, 5.74) is -0.825. The van der Waals surface area contributed by atoms with Crippen molar-refractivity contribution in [2.75, 3.05) is 26.2 Å². The van der Waals surface area contributed by atoms with E-state index in [9.17, 15) is 18.0 Å². The molecule has 0 spiro atoms. The molecule has 3 heterocycles. The van der Waals surface area contributed by atoms with Crippen LogP contribution in [0.15, 0.2) is 5.38 Å². The van der Waals surface area contributed by atoms with Crippen molar-refractivity contribution in [1.82, 2.24) is 15.2 Å². The minimum absolute atomic E-state index is 0. The molecule has 22 heavy (non-hydrogen) atoms. The van der Waals surface area contributed by atoms with Gasteiger partial charge in [0.2, 0.25) is 5.91 Å². The van der Waals surface area contributed by atoms with Gasteiger partial charge in [-0.05, 0) is 12.8 Å². The molecule has 4 nitrogen and oxygen atoms in total. The van der Waals surface area contributed by atoms with Gasteiger partial charge in [-0.25, -0.2) is 4.98 Å². The van der Waals surface area contributed by atoms with Crippen LogP contribution in [0.1, 0.15) is 29.5 Å². The number of aromatic nitrogens is 1. The van der Waals surface area contributed by atoms with Crippen molar-refractivity contribution in [2.24, 2.45) is 5.92 Å². The molecule has 1 aromatic rings. The lowest BCUT2D eigenvalue weighted by molar-refractivity contribution is -0.141. The molecule has 1 amide bonds. The summed E-state index contributed by atoms with van der Waals surface area (Å²) in [6.07, 6.45) is -2.79. The molecule has 0 aliphatic carbocycles. The summed E-state index contributed by atoms with van der Waals surface area (Å²) in [4.78, 5) is 17.7. The minimum Gasteiger partial charge on any atom is -0.342 e. The molecule has 1 atom stereocenters. The van der Waals surface area contributed by atoms with Crippen LogP contribution >= 0.6 is 23.7 Å². The fourth-order valence-electron chi connectivity index (χ4n) is 2.71. The second kappa shape index (κ2) is 6.72. The number of rotatable bonds is 2. The lowest BCUT2D eigenvalue weighted by Gasteiger charge is -2.37. The van der Waals surface area contributed by atoms with Gasteiger partial charge in [0.25, 0.3) is 0 Å². The predicted octanol–water partition coefficient (Wildman–Crippen LogP) is 2.51. The lowest BCUT2D eigenvalue weighted by Crippen LogP contribution is -2.53. The Hall–Kier alpha value is -0.860. The molecule has 0 aromatic carbocycles. The van der Waals surface area contributed by atoms with E-state index in [-0.39, 0.29) is 30.2 Å². The SMILES string of the molecule is Cl.O=C(C1CNC1)N1CCCC(c2nc(C(F)(F)F)cs2)C1. The Kier molecular flexibility index (Phi) is 5.34. The normalized spacial score (nSPS) is 22.9. The van der Waals surface area contributed by atoms with Gasteiger partial charge in [0.1, 0.15) is 0 Å². The van der Waals surface area contributed by atoms with Gasteiger partial charge in [0, 0.05) is 37.5 Å². The average molecular weight is 356 g/mol. The van der Waals surface area contributed by atoms with Gasteiger partial charge in [0.15, 0.2) is 5.69 Å². The molecule has 1 N–H and O–H groups in total. The molecule has 2 saturated heterocycles. The Balaban J connectivity index is 0.00000176. The Labute approximate surface area is 136 Å². The van der Waals surface area contributed by atoms with E-state index in [1.165, 1.54) is 0 Å². The number of halogens is 4. The molecule has 124 valence electrons. The monoisotopic (exact) mass is 355 g/mol. The summed E-state index contributed by atoms with van der Waals surface area (Å²) in [6.45, 7) is 2.59. The van der Waals surface area contributed by atoms with E-state index in [0.29, 0.717) is 31.2 Å². The maximum absolute atomic E-state index is 12.6. The van der Waals surface area contributed by atoms with Crippen molar-refractivity contribution in [3.05, 3.63) is 16.1 Å². The summed E-state index contributed by atoms with van der Waals surface area (Å²) in [7, 11) is 0. The van der Waals surface area contributed by atoms with Crippen LogP contribution in [-0.2, 0) is 11.0 Å². The standard InChI is InChI=1S/C13H16F3N3OS.ClH/c14-13(15,16)10-7-21-11(18-10)8-2-1-3-19(6-8)12(20)9-4-17-5-9;/h7-9,17H,1-6H2;1H. The van der Waals surface area contributed by atoms with Crippen LogP contribution < -0.4 is 5.32 Å². The third-order valence-electron chi connectivity index (χ3n) is 4.03. The Morgan fingerprint density at radius 2 is 2.14 bits per heavy atom. The molecule has 0 bridgehead atoms. The number of nitrogens with one attached hydrogen (secondary N) is 1. The molecule has 0 radical (unpaired) electrons. The number of likely N-dealkylation sites (tertiary alicyclic amines) is 1. The number of hydrogen-bond donors (Lipinski definition) is 1. The summed E-state index contributed by atoms with van der Waals surface area (Å²) >= 11 is 1.04. The smallest absolute Gasteiger partial charge is 0.342 e. The number of alkyl halides is 3. The van der Waals surface area contributed by atoms with Crippen molar-refractivity contribution < 1.29 is 18.0 Å². The van der Waals surface area contributed by atoms with Crippen molar-refractivity contribution in [3.63, 3.8) is 0 Å². The highest BCUT2D eigenvalue weighted by atomic mass is 35.5. The van der Waals surface area contributed by atoms with Crippen LogP contribution in [0.4, 0.5) is 13.2 Å². The molecular weight excluding hydrogens is 339 g/mol. The van der Waals surface area contributed by atoms with E-state index in [1.54, 1.807) is 4.90 Å². The molecule has 9 heteroatoms. The van der Waals surface area contributed by atoms with Gasteiger partial charge < -0.3 is 10.2 Å². The largest absolute Gasteiger partial charge is 0.434 e. The Bertz CT molecular complexity index is 533. The Morgan fingerprint density at radius 1 is 1.41 bits per heavy atom. The summed E-state index contributed by atoms with van der Waals surface area (Å²) < 4.78 is 37.8. The predicted molar refractivity (Wildman–Crippen MR) is 79.3 cm³/mol. The van der Waals surface area contributed by atoms with Crippen LogP contribution in [0.25, 0.3) is 0 Å². The van der Waals surface area contributed by atoms with Crippen molar-refractivity contribution in [1.29, 1.82) is 0 Å². The highest BCUT2D eigenvalue weighted by molar-refractivity contribution is 7.09. The lowest BCUT2D eigenvalue weighted by atomic mass is 9.95. The number of thiazole rings is 1. The van der Waals surface area contributed by atoms with Crippen LogP contribution in [0, 0.1) is 5.92 Å².